The topological polar surface area (TPSA) is 58.6 Å². The van der Waals surface area contributed by atoms with Crippen LogP contribution in [0.5, 0.6) is 5.75 Å². The zero-order valence-corrected chi connectivity index (χ0v) is 20.1. The Balaban J connectivity index is 1.59. The lowest BCUT2D eigenvalue weighted by atomic mass is 9.85. The van der Waals surface area contributed by atoms with Gasteiger partial charge in [0.15, 0.2) is 5.78 Å². The number of methoxy groups -OCH3 is 1. The summed E-state index contributed by atoms with van der Waals surface area (Å²) in [6.07, 6.45) is 2.46. The Morgan fingerprint density at radius 3 is 2.47 bits per heavy atom. The molecule has 0 spiro atoms. The van der Waals surface area contributed by atoms with E-state index in [9.17, 15) is 9.59 Å². The van der Waals surface area contributed by atoms with Gasteiger partial charge in [0.2, 0.25) is 0 Å². The lowest BCUT2D eigenvalue weighted by molar-refractivity contribution is 0.0785. The van der Waals surface area contributed by atoms with Crippen LogP contribution >= 0.6 is 0 Å². The van der Waals surface area contributed by atoms with Crippen LogP contribution in [0.1, 0.15) is 51.3 Å². The summed E-state index contributed by atoms with van der Waals surface area (Å²) in [5, 5.41) is 3.49. The zero-order chi connectivity index (χ0) is 24.3. The molecule has 0 aliphatic carbocycles. The van der Waals surface area contributed by atoms with E-state index in [2.05, 4.69) is 25.2 Å². The van der Waals surface area contributed by atoms with Crippen molar-refractivity contribution in [1.29, 1.82) is 0 Å². The molecule has 0 radical (unpaired) electrons. The highest BCUT2D eigenvalue weighted by Gasteiger charge is 2.28. The first-order valence-electron chi connectivity index (χ1n) is 11.4. The quantitative estimate of drug-likeness (QED) is 0.415. The Labute approximate surface area is 201 Å². The lowest BCUT2D eigenvalue weighted by Gasteiger charge is -2.35. The van der Waals surface area contributed by atoms with Crippen molar-refractivity contribution in [2.75, 3.05) is 14.2 Å². The van der Waals surface area contributed by atoms with Crippen LogP contribution in [0, 0.1) is 0 Å². The number of allylic oxidation sites excluding steroid dienone is 1. The molecule has 0 bridgehead atoms. The monoisotopic (exact) mass is 454 g/mol. The van der Waals surface area contributed by atoms with Crippen LogP contribution in [0.4, 0.5) is 0 Å². The van der Waals surface area contributed by atoms with Crippen molar-refractivity contribution in [1.82, 2.24) is 10.2 Å². The van der Waals surface area contributed by atoms with Gasteiger partial charge in [0.25, 0.3) is 5.91 Å². The van der Waals surface area contributed by atoms with E-state index < -0.39 is 0 Å². The summed E-state index contributed by atoms with van der Waals surface area (Å²) in [5.41, 5.74) is 4.70. The first kappa shape index (κ1) is 23.3. The zero-order valence-electron chi connectivity index (χ0n) is 20.1. The summed E-state index contributed by atoms with van der Waals surface area (Å²) in [5.74, 6) is 0.458. The summed E-state index contributed by atoms with van der Waals surface area (Å²) < 4.78 is 5.40. The number of hydrogen-bond donors (Lipinski definition) is 1. The van der Waals surface area contributed by atoms with E-state index in [1.807, 2.05) is 42.5 Å². The Kier molecular flexibility index (Phi) is 6.55. The van der Waals surface area contributed by atoms with Crippen molar-refractivity contribution in [2.24, 2.45) is 0 Å². The summed E-state index contributed by atoms with van der Waals surface area (Å²) >= 11 is 0. The molecule has 4 rings (SSSR count). The number of benzene rings is 3. The van der Waals surface area contributed by atoms with Gasteiger partial charge < -0.3 is 15.0 Å². The average Bonchev–Trinajstić information content (AvgIpc) is 2.83. The Bertz CT molecular complexity index is 1250. The van der Waals surface area contributed by atoms with Gasteiger partial charge in [0.1, 0.15) is 5.75 Å². The van der Waals surface area contributed by atoms with Crippen LogP contribution in [-0.2, 0) is 13.0 Å². The van der Waals surface area contributed by atoms with E-state index in [1.54, 1.807) is 49.4 Å². The second-order valence-corrected chi connectivity index (χ2v) is 9.36. The normalized spacial score (nSPS) is 15.2. The molecular weight excluding hydrogens is 424 g/mol. The van der Waals surface area contributed by atoms with Gasteiger partial charge in [0.05, 0.1) is 7.11 Å². The molecule has 0 atom stereocenters. The SMILES string of the molecule is COc1ccc2c(c1)C(=CC(=O)c1cccc(C(=O)N(C)Cc3ccccc3)c1)NC(C)(C)C2. The highest BCUT2D eigenvalue weighted by atomic mass is 16.5. The molecule has 1 heterocycles. The number of nitrogens with zero attached hydrogens (tertiary/aromatic N) is 1. The van der Waals surface area contributed by atoms with E-state index >= 15 is 0 Å². The lowest BCUT2D eigenvalue weighted by Crippen LogP contribution is -2.43. The van der Waals surface area contributed by atoms with E-state index in [4.69, 9.17) is 4.74 Å². The molecule has 0 fully saturated rings. The molecule has 0 aromatic heterocycles. The molecule has 1 N–H and O–H groups in total. The molecule has 5 nitrogen and oxygen atoms in total. The van der Waals surface area contributed by atoms with Gasteiger partial charge in [-0.2, -0.15) is 0 Å². The van der Waals surface area contributed by atoms with Gasteiger partial charge in [-0.3, -0.25) is 9.59 Å². The van der Waals surface area contributed by atoms with Gasteiger partial charge in [0, 0.05) is 47.6 Å². The van der Waals surface area contributed by atoms with Crippen molar-refractivity contribution in [3.05, 3.63) is 107 Å². The van der Waals surface area contributed by atoms with Crippen molar-refractivity contribution >= 4 is 17.4 Å². The minimum absolute atomic E-state index is 0.127. The highest BCUT2D eigenvalue weighted by Crippen LogP contribution is 2.32. The maximum atomic E-state index is 13.3. The minimum atomic E-state index is -0.189. The number of ether oxygens (including phenoxy) is 1. The van der Waals surface area contributed by atoms with Crippen LogP contribution in [0.25, 0.3) is 5.70 Å². The van der Waals surface area contributed by atoms with Crippen molar-refractivity contribution in [2.45, 2.75) is 32.4 Å². The number of rotatable bonds is 6. The third kappa shape index (κ3) is 5.20. The third-order valence-corrected chi connectivity index (χ3v) is 5.99. The first-order valence-corrected chi connectivity index (χ1v) is 11.4. The first-order chi connectivity index (χ1) is 16.3. The van der Waals surface area contributed by atoms with Crippen molar-refractivity contribution < 1.29 is 14.3 Å². The molecule has 1 aliphatic heterocycles. The molecule has 1 amide bonds. The van der Waals surface area contributed by atoms with Crippen molar-refractivity contribution in [3.63, 3.8) is 0 Å². The number of nitrogens with one attached hydrogen (secondary N) is 1. The number of hydrogen-bond acceptors (Lipinski definition) is 4. The standard InChI is InChI=1S/C29H30N2O3/c1-29(2)18-23-13-14-24(34-4)16-25(23)26(30-29)17-27(32)21-11-8-12-22(15-21)28(33)31(3)19-20-9-6-5-7-10-20/h5-17,30H,18-19H2,1-4H3. The van der Waals surface area contributed by atoms with Crippen molar-refractivity contribution in [3.8, 4) is 5.75 Å². The third-order valence-electron chi connectivity index (χ3n) is 5.99. The molecular formula is C29H30N2O3. The number of carbonyl (C=O) groups is 2. The maximum absolute atomic E-state index is 13.3. The fraction of sp³-hybridized carbons (Fsp3) is 0.241. The van der Waals surface area contributed by atoms with Crippen LogP contribution < -0.4 is 10.1 Å². The number of amides is 1. The Morgan fingerprint density at radius 1 is 1.00 bits per heavy atom. The summed E-state index contributed by atoms with van der Waals surface area (Å²) in [6.45, 7) is 4.72. The molecule has 5 heteroatoms. The molecule has 174 valence electrons. The summed E-state index contributed by atoms with van der Waals surface area (Å²) in [6, 6.07) is 22.7. The van der Waals surface area contributed by atoms with E-state index in [-0.39, 0.29) is 17.2 Å². The van der Waals surface area contributed by atoms with Gasteiger partial charge in [-0.25, -0.2) is 0 Å². The van der Waals surface area contributed by atoms with Gasteiger partial charge in [-0.05, 0) is 55.7 Å². The fourth-order valence-electron chi connectivity index (χ4n) is 4.32. The number of ketones is 1. The van der Waals surface area contributed by atoms with Crippen LogP contribution in [-0.4, -0.2) is 36.3 Å². The molecule has 0 saturated carbocycles. The molecule has 3 aromatic rings. The second kappa shape index (κ2) is 9.56. The van der Waals surface area contributed by atoms with Gasteiger partial charge in [-0.15, -0.1) is 0 Å². The summed E-state index contributed by atoms with van der Waals surface area (Å²) in [7, 11) is 3.40. The molecule has 0 unspecified atom stereocenters. The Morgan fingerprint density at radius 2 is 1.74 bits per heavy atom. The van der Waals surface area contributed by atoms with E-state index in [0.717, 1.165) is 34.6 Å². The second-order valence-electron chi connectivity index (χ2n) is 9.36. The van der Waals surface area contributed by atoms with Gasteiger partial charge >= 0.3 is 0 Å². The predicted octanol–water partition coefficient (Wildman–Crippen LogP) is 5.12. The molecule has 3 aromatic carbocycles. The smallest absolute Gasteiger partial charge is 0.253 e. The number of carbonyl (C=O) groups excluding carboxylic acids is 2. The van der Waals surface area contributed by atoms with Gasteiger partial charge in [-0.1, -0.05) is 48.5 Å². The average molecular weight is 455 g/mol. The van der Waals surface area contributed by atoms with E-state index in [1.165, 1.54) is 0 Å². The molecule has 34 heavy (non-hydrogen) atoms. The highest BCUT2D eigenvalue weighted by molar-refractivity contribution is 6.10. The molecule has 1 aliphatic rings. The van der Waals surface area contributed by atoms with Crippen LogP contribution in [0.3, 0.4) is 0 Å². The maximum Gasteiger partial charge on any atom is 0.253 e. The summed E-state index contributed by atoms with van der Waals surface area (Å²) in [4.78, 5) is 27.9. The van der Waals surface area contributed by atoms with Crippen LogP contribution in [0.2, 0.25) is 0 Å². The number of fused-ring (bicyclic) bond motifs is 1. The predicted molar refractivity (Wildman–Crippen MR) is 135 cm³/mol. The van der Waals surface area contributed by atoms with E-state index in [0.29, 0.717) is 17.7 Å². The molecule has 0 saturated heterocycles. The fourth-order valence-corrected chi connectivity index (χ4v) is 4.32. The van der Waals surface area contributed by atoms with Crippen LogP contribution in [0.15, 0.2) is 78.9 Å². The largest absolute Gasteiger partial charge is 0.497 e. The minimum Gasteiger partial charge on any atom is -0.497 e. The Hall–Kier alpha value is -3.86.